The molecule has 0 bridgehead atoms. The summed E-state index contributed by atoms with van der Waals surface area (Å²) in [7, 11) is 6.00. The molecule has 0 aromatic carbocycles. The molecule has 0 unspecified atom stereocenters. The standard InChI is InChI=1S/C5H8O4.C3H9N/c6-4(7)2-1-3-5(8)9;1-4(2)3/h1-3H2,(H,6,7)(H,8,9);1-3H3. The number of nitrogens with zero attached hydrogens (tertiary/aromatic N) is 1. The van der Waals surface area contributed by atoms with Crippen LogP contribution in [-0.2, 0) is 9.59 Å². The summed E-state index contributed by atoms with van der Waals surface area (Å²) in [6, 6.07) is 0. The van der Waals surface area contributed by atoms with E-state index in [1.54, 1.807) is 0 Å². The molecule has 13 heavy (non-hydrogen) atoms. The van der Waals surface area contributed by atoms with E-state index in [0.29, 0.717) is 0 Å². The van der Waals surface area contributed by atoms with Crippen molar-refractivity contribution in [1.29, 1.82) is 0 Å². The van der Waals surface area contributed by atoms with Gasteiger partial charge in [0.15, 0.2) is 0 Å². The topological polar surface area (TPSA) is 77.8 Å². The van der Waals surface area contributed by atoms with E-state index in [0.717, 1.165) is 0 Å². The molecule has 0 aliphatic heterocycles. The fourth-order valence-electron chi connectivity index (χ4n) is 0.391. The van der Waals surface area contributed by atoms with Crippen molar-refractivity contribution in [1.82, 2.24) is 4.90 Å². The third-order valence-corrected chi connectivity index (χ3v) is 0.781. The minimum atomic E-state index is -0.948. The van der Waals surface area contributed by atoms with E-state index in [4.69, 9.17) is 10.2 Å². The number of carbonyl (C=O) groups is 2. The van der Waals surface area contributed by atoms with Crippen LogP contribution >= 0.6 is 0 Å². The second-order valence-electron chi connectivity index (χ2n) is 2.98. The number of rotatable bonds is 4. The summed E-state index contributed by atoms with van der Waals surface area (Å²) in [6.45, 7) is 0. The van der Waals surface area contributed by atoms with Crippen molar-refractivity contribution in [3.63, 3.8) is 0 Å². The molecule has 5 heteroatoms. The zero-order chi connectivity index (χ0) is 10.9. The summed E-state index contributed by atoms with van der Waals surface area (Å²) in [6.07, 6.45) is 0.0866. The maximum atomic E-state index is 9.79. The van der Waals surface area contributed by atoms with Gasteiger partial charge in [0.1, 0.15) is 0 Å². The second-order valence-corrected chi connectivity index (χ2v) is 2.98. The zero-order valence-corrected chi connectivity index (χ0v) is 8.28. The van der Waals surface area contributed by atoms with Crippen molar-refractivity contribution in [2.45, 2.75) is 19.3 Å². The van der Waals surface area contributed by atoms with Crippen LogP contribution in [-0.4, -0.2) is 48.2 Å². The van der Waals surface area contributed by atoms with Crippen molar-refractivity contribution in [2.24, 2.45) is 0 Å². The molecule has 0 saturated heterocycles. The third kappa shape index (κ3) is 36.0. The monoisotopic (exact) mass is 191 g/mol. The lowest BCUT2D eigenvalue weighted by atomic mass is 10.2. The fourth-order valence-corrected chi connectivity index (χ4v) is 0.391. The molecule has 0 aromatic heterocycles. The minimum absolute atomic E-state index is 0.0632. The first-order valence-corrected chi connectivity index (χ1v) is 3.90. The van der Waals surface area contributed by atoms with Crippen molar-refractivity contribution >= 4 is 11.9 Å². The summed E-state index contributed by atoms with van der Waals surface area (Å²) >= 11 is 0. The summed E-state index contributed by atoms with van der Waals surface area (Å²) in [5, 5.41) is 16.1. The van der Waals surface area contributed by atoms with Crippen LogP contribution in [0.15, 0.2) is 0 Å². The van der Waals surface area contributed by atoms with E-state index in [-0.39, 0.29) is 19.3 Å². The van der Waals surface area contributed by atoms with Gasteiger partial charge in [-0.1, -0.05) is 0 Å². The average molecular weight is 191 g/mol. The molecular weight excluding hydrogens is 174 g/mol. The van der Waals surface area contributed by atoms with Gasteiger partial charge >= 0.3 is 11.9 Å². The molecule has 0 rings (SSSR count). The molecule has 0 heterocycles. The SMILES string of the molecule is CN(C)C.O=C(O)CCCC(=O)O. The lowest BCUT2D eigenvalue weighted by Gasteiger charge is -1.90. The smallest absolute Gasteiger partial charge is 0.303 e. The molecule has 0 aromatic rings. The number of hydrogen-bond donors (Lipinski definition) is 2. The van der Waals surface area contributed by atoms with Crippen molar-refractivity contribution in [3.8, 4) is 0 Å². The van der Waals surface area contributed by atoms with Crippen molar-refractivity contribution in [2.75, 3.05) is 21.1 Å². The summed E-state index contributed by atoms with van der Waals surface area (Å²) in [5.41, 5.74) is 0. The minimum Gasteiger partial charge on any atom is -0.481 e. The summed E-state index contributed by atoms with van der Waals surface area (Å²) in [5.74, 6) is -1.90. The van der Waals surface area contributed by atoms with Gasteiger partial charge in [0.25, 0.3) is 0 Å². The Kier molecular flexibility index (Phi) is 9.98. The second kappa shape index (κ2) is 8.99. The number of aliphatic carboxylic acids is 2. The van der Waals surface area contributed by atoms with Crippen LogP contribution < -0.4 is 0 Å². The van der Waals surface area contributed by atoms with Gasteiger partial charge in [0.05, 0.1) is 0 Å². The van der Waals surface area contributed by atoms with Crippen LogP contribution in [0.5, 0.6) is 0 Å². The predicted octanol–water partition coefficient (Wildman–Crippen LogP) is 0.504. The van der Waals surface area contributed by atoms with Crippen molar-refractivity contribution < 1.29 is 19.8 Å². The Balaban J connectivity index is 0. The van der Waals surface area contributed by atoms with E-state index in [2.05, 4.69) is 0 Å². The molecule has 2 N–H and O–H groups in total. The predicted molar refractivity (Wildman–Crippen MR) is 48.7 cm³/mol. The lowest BCUT2D eigenvalue weighted by Crippen LogP contribution is -1.99. The van der Waals surface area contributed by atoms with Gasteiger partial charge < -0.3 is 15.1 Å². The Morgan fingerprint density at radius 3 is 1.38 bits per heavy atom. The molecule has 0 fully saturated rings. The first kappa shape index (κ1) is 14.4. The summed E-state index contributed by atoms with van der Waals surface area (Å²) in [4.78, 5) is 21.6. The van der Waals surface area contributed by atoms with E-state index >= 15 is 0 Å². The highest BCUT2D eigenvalue weighted by Crippen LogP contribution is 1.93. The van der Waals surface area contributed by atoms with E-state index in [1.807, 2.05) is 26.0 Å². The van der Waals surface area contributed by atoms with Crippen LogP contribution in [0.25, 0.3) is 0 Å². The first-order chi connectivity index (χ1) is 5.86. The van der Waals surface area contributed by atoms with Crippen LogP contribution in [0.3, 0.4) is 0 Å². The largest absolute Gasteiger partial charge is 0.481 e. The normalized spacial score (nSPS) is 8.92. The number of carboxylic acids is 2. The Morgan fingerprint density at radius 2 is 1.23 bits per heavy atom. The van der Waals surface area contributed by atoms with Crippen LogP contribution in [0, 0.1) is 0 Å². The molecule has 0 spiro atoms. The molecule has 0 radical (unpaired) electrons. The highest BCUT2D eigenvalue weighted by molar-refractivity contribution is 5.69. The highest BCUT2D eigenvalue weighted by Gasteiger charge is 1.99. The fraction of sp³-hybridized carbons (Fsp3) is 0.750. The van der Waals surface area contributed by atoms with Gasteiger partial charge in [-0.25, -0.2) is 0 Å². The molecule has 0 atom stereocenters. The maximum absolute atomic E-state index is 9.79. The maximum Gasteiger partial charge on any atom is 0.303 e. The Bertz CT molecular complexity index is 139. The molecule has 78 valence electrons. The van der Waals surface area contributed by atoms with Gasteiger partial charge in [-0.15, -0.1) is 0 Å². The van der Waals surface area contributed by atoms with E-state index < -0.39 is 11.9 Å². The van der Waals surface area contributed by atoms with E-state index in [9.17, 15) is 9.59 Å². The number of carboxylic acid groups (broad SMARTS) is 2. The average Bonchev–Trinajstić information content (AvgIpc) is 1.83. The Hall–Kier alpha value is -1.10. The van der Waals surface area contributed by atoms with Gasteiger partial charge in [0.2, 0.25) is 0 Å². The van der Waals surface area contributed by atoms with Crippen LogP contribution in [0.4, 0.5) is 0 Å². The lowest BCUT2D eigenvalue weighted by molar-refractivity contribution is -0.138. The Labute approximate surface area is 78.0 Å². The molecular formula is C8H17NO4. The van der Waals surface area contributed by atoms with Crippen molar-refractivity contribution in [3.05, 3.63) is 0 Å². The zero-order valence-electron chi connectivity index (χ0n) is 8.28. The van der Waals surface area contributed by atoms with Crippen LogP contribution in [0.1, 0.15) is 19.3 Å². The van der Waals surface area contributed by atoms with E-state index in [1.165, 1.54) is 0 Å². The van der Waals surface area contributed by atoms with Gasteiger partial charge in [0, 0.05) is 12.8 Å². The molecule has 0 aliphatic rings. The van der Waals surface area contributed by atoms with Gasteiger partial charge in [-0.3, -0.25) is 9.59 Å². The highest BCUT2D eigenvalue weighted by atomic mass is 16.4. The molecule has 0 aliphatic carbocycles. The molecule has 0 amide bonds. The third-order valence-electron chi connectivity index (χ3n) is 0.781. The molecule has 5 nitrogen and oxygen atoms in total. The van der Waals surface area contributed by atoms with Gasteiger partial charge in [-0.2, -0.15) is 0 Å². The summed E-state index contributed by atoms with van der Waals surface area (Å²) < 4.78 is 0. The van der Waals surface area contributed by atoms with Gasteiger partial charge in [-0.05, 0) is 27.6 Å². The quantitative estimate of drug-likeness (QED) is 0.676. The van der Waals surface area contributed by atoms with Crippen LogP contribution in [0.2, 0.25) is 0 Å². The first-order valence-electron chi connectivity index (χ1n) is 3.90. The number of hydrogen-bond acceptors (Lipinski definition) is 3. The Morgan fingerprint density at radius 1 is 1.00 bits per heavy atom. The molecule has 0 saturated carbocycles.